The van der Waals surface area contributed by atoms with E-state index in [9.17, 15) is 22.4 Å². The van der Waals surface area contributed by atoms with Crippen molar-refractivity contribution < 1.29 is 27.6 Å². The van der Waals surface area contributed by atoms with Crippen LogP contribution in [-0.2, 0) is 21.2 Å². The fraction of sp³-hybridized carbons (Fsp3) is 0.300. The van der Waals surface area contributed by atoms with Gasteiger partial charge in [-0.3, -0.25) is 14.8 Å². The maximum Gasteiger partial charge on any atom is 0.264 e. The molecule has 0 saturated heterocycles. The molecule has 160 valence electrons. The molecule has 0 aliphatic carbocycles. The third kappa shape index (κ3) is 3.88. The molecule has 2 unspecified atom stereocenters. The van der Waals surface area contributed by atoms with Crippen molar-refractivity contribution in [3.63, 3.8) is 0 Å². The van der Waals surface area contributed by atoms with Crippen molar-refractivity contribution >= 4 is 27.3 Å². The number of nitrogens with zero attached hydrogens (tertiary/aromatic N) is 1. The number of carbonyl (C=O) groups excluding carboxylic acids is 2. The number of hydrogen-bond acceptors (Lipinski definition) is 6. The standard InChI is InChI=1S/C20H22FN3O5S/c1-3-24-12(2)18(20(26)23-27)30(28,29)17-8-7-14(10-16(17)24)19(25)22-11-13-5-4-6-15(21)9-13/h4-10,12,18,27H,3,11H2,1-2H3,(H,22,25)(H,23,26). The maximum atomic E-state index is 13.3. The van der Waals surface area contributed by atoms with Gasteiger partial charge in [0.15, 0.2) is 15.1 Å². The van der Waals surface area contributed by atoms with E-state index in [-0.39, 0.29) is 17.0 Å². The number of hydroxylamine groups is 1. The van der Waals surface area contributed by atoms with Crippen LogP contribution in [0.2, 0.25) is 0 Å². The lowest BCUT2D eigenvalue weighted by molar-refractivity contribution is -0.129. The van der Waals surface area contributed by atoms with Crippen molar-refractivity contribution in [2.45, 2.75) is 36.6 Å². The highest BCUT2D eigenvalue weighted by molar-refractivity contribution is 7.93. The van der Waals surface area contributed by atoms with Gasteiger partial charge in [0, 0.05) is 18.7 Å². The first-order valence-corrected chi connectivity index (χ1v) is 10.9. The second-order valence-electron chi connectivity index (χ2n) is 6.96. The Hall–Kier alpha value is -2.98. The lowest BCUT2D eigenvalue weighted by Crippen LogP contribution is -2.56. The fourth-order valence-corrected chi connectivity index (χ4v) is 5.71. The van der Waals surface area contributed by atoms with Gasteiger partial charge in [0.2, 0.25) is 0 Å². The number of hydrogen-bond donors (Lipinski definition) is 3. The molecule has 0 radical (unpaired) electrons. The molecule has 3 rings (SSSR count). The van der Waals surface area contributed by atoms with Crippen molar-refractivity contribution in [3.05, 3.63) is 59.4 Å². The lowest BCUT2D eigenvalue weighted by Gasteiger charge is -2.40. The Kier molecular flexibility index (Phi) is 6.09. The van der Waals surface area contributed by atoms with Gasteiger partial charge in [-0.25, -0.2) is 18.3 Å². The molecular formula is C20H22FN3O5S. The maximum absolute atomic E-state index is 13.3. The average Bonchev–Trinajstić information content (AvgIpc) is 2.71. The van der Waals surface area contributed by atoms with Crippen LogP contribution in [-0.4, -0.2) is 43.3 Å². The third-order valence-corrected chi connectivity index (χ3v) is 7.39. The number of nitrogens with one attached hydrogen (secondary N) is 2. The molecule has 30 heavy (non-hydrogen) atoms. The first-order valence-electron chi connectivity index (χ1n) is 9.32. The number of amides is 2. The van der Waals surface area contributed by atoms with E-state index < -0.39 is 38.8 Å². The molecule has 8 nitrogen and oxygen atoms in total. The van der Waals surface area contributed by atoms with Gasteiger partial charge in [0.05, 0.1) is 16.6 Å². The summed E-state index contributed by atoms with van der Waals surface area (Å²) in [5.41, 5.74) is 2.56. The molecule has 0 spiro atoms. The Morgan fingerprint density at radius 1 is 1.20 bits per heavy atom. The Morgan fingerprint density at radius 2 is 1.93 bits per heavy atom. The first kappa shape index (κ1) is 21.7. The molecule has 10 heteroatoms. The van der Waals surface area contributed by atoms with E-state index in [1.165, 1.54) is 35.8 Å². The zero-order valence-electron chi connectivity index (χ0n) is 16.4. The summed E-state index contributed by atoms with van der Waals surface area (Å²) in [4.78, 5) is 26.2. The van der Waals surface area contributed by atoms with Crippen LogP contribution in [0, 0.1) is 5.82 Å². The molecule has 2 amide bonds. The molecule has 0 fully saturated rings. The van der Waals surface area contributed by atoms with E-state index in [0.717, 1.165) is 0 Å². The van der Waals surface area contributed by atoms with Crippen LogP contribution >= 0.6 is 0 Å². The minimum absolute atomic E-state index is 0.0854. The molecule has 2 atom stereocenters. The van der Waals surface area contributed by atoms with E-state index in [4.69, 9.17) is 5.21 Å². The van der Waals surface area contributed by atoms with Crippen molar-refractivity contribution in [1.29, 1.82) is 0 Å². The van der Waals surface area contributed by atoms with Gasteiger partial charge in [0.1, 0.15) is 5.82 Å². The predicted molar refractivity (Wildman–Crippen MR) is 107 cm³/mol. The van der Waals surface area contributed by atoms with Crippen LogP contribution in [0.1, 0.15) is 29.8 Å². The summed E-state index contributed by atoms with van der Waals surface area (Å²) in [5, 5.41) is 10.2. The second kappa shape index (κ2) is 8.41. The molecule has 2 aromatic rings. The summed E-state index contributed by atoms with van der Waals surface area (Å²) in [5.74, 6) is -1.86. The van der Waals surface area contributed by atoms with E-state index in [2.05, 4.69) is 5.32 Å². The van der Waals surface area contributed by atoms with Gasteiger partial charge >= 0.3 is 0 Å². The largest absolute Gasteiger partial charge is 0.366 e. The number of rotatable bonds is 5. The molecule has 1 heterocycles. The smallest absolute Gasteiger partial charge is 0.264 e. The normalized spacial score (nSPS) is 19.7. The van der Waals surface area contributed by atoms with Gasteiger partial charge in [-0.1, -0.05) is 12.1 Å². The van der Waals surface area contributed by atoms with Crippen molar-refractivity contribution in [2.24, 2.45) is 0 Å². The third-order valence-electron chi connectivity index (χ3n) is 5.15. The highest BCUT2D eigenvalue weighted by Gasteiger charge is 2.46. The molecule has 1 aliphatic rings. The predicted octanol–water partition coefficient (Wildman–Crippen LogP) is 1.63. The Morgan fingerprint density at radius 3 is 2.57 bits per heavy atom. The molecule has 0 bridgehead atoms. The highest BCUT2D eigenvalue weighted by atomic mass is 32.2. The number of sulfone groups is 1. The fourth-order valence-electron chi connectivity index (χ4n) is 3.72. The van der Waals surface area contributed by atoms with Crippen molar-refractivity contribution in [3.8, 4) is 0 Å². The zero-order chi connectivity index (χ0) is 22.1. The van der Waals surface area contributed by atoms with Gasteiger partial charge in [0.25, 0.3) is 11.8 Å². The minimum Gasteiger partial charge on any atom is -0.366 e. The summed E-state index contributed by atoms with van der Waals surface area (Å²) >= 11 is 0. The molecule has 2 aromatic carbocycles. The summed E-state index contributed by atoms with van der Waals surface area (Å²) in [6.45, 7) is 3.86. The number of fused-ring (bicyclic) bond motifs is 1. The van der Waals surface area contributed by atoms with Gasteiger partial charge in [-0.2, -0.15) is 0 Å². The Bertz CT molecular complexity index is 1090. The van der Waals surface area contributed by atoms with Crippen molar-refractivity contribution in [2.75, 3.05) is 11.4 Å². The minimum atomic E-state index is -4.08. The number of carbonyl (C=O) groups is 2. The summed E-state index contributed by atoms with van der Waals surface area (Å²) in [7, 11) is -4.08. The van der Waals surface area contributed by atoms with Crippen LogP contribution in [0.3, 0.4) is 0 Å². The van der Waals surface area contributed by atoms with E-state index >= 15 is 0 Å². The molecule has 3 N–H and O–H groups in total. The quantitative estimate of drug-likeness (QED) is 0.486. The summed E-state index contributed by atoms with van der Waals surface area (Å²) < 4.78 is 39.2. The van der Waals surface area contributed by atoms with Gasteiger partial charge in [-0.15, -0.1) is 0 Å². The van der Waals surface area contributed by atoms with Crippen LogP contribution < -0.4 is 15.7 Å². The molecule has 0 aromatic heterocycles. The second-order valence-corrected chi connectivity index (χ2v) is 9.00. The monoisotopic (exact) mass is 435 g/mol. The Balaban J connectivity index is 1.93. The van der Waals surface area contributed by atoms with Crippen molar-refractivity contribution in [1.82, 2.24) is 10.8 Å². The average molecular weight is 435 g/mol. The van der Waals surface area contributed by atoms with Crippen LogP contribution in [0.15, 0.2) is 47.4 Å². The van der Waals surface area contributed by atoms with E-state index in [1.54, 1.807) is 30.9 Å². The van der Waals surface area contributed by atoms with E-state index in [0.29, 0.717) is 17.8 Å². The lowest BCUT2D eigenvalue weighted by atomic mass is 10.1. The van der Waals surface area contributed by atoms with Gasteiger partial charge < -0.3 is 10.2 Å². The topological polar surface area (TPSA) is 116 Å². The molecule has 1 aliphatic heterocycles. The Labute approximate surface area is 173 Å². The van der Waals surface area contributed by atoms with Gasteiger partial charge in [-0.05, 0) is 49.7 Å². The number of halogens is 1. The van der Waals surface area contributed by atoms with Crippen LogP contribution in [0.25, 0.3) is 0 Å². The first-order chi connectivity index (χ1) is 14.2. The summed E-state index contributed by atoms with van der Waals surface area (Å²) in [6, 6.07) is 9.18. The summed E-state index contributed by atoms with van der Waals surface area (Å²) in [6.07, 6.45) is 0. The van der Waals surface area contributed by atoms with Crippen LogP contribution in [0.5, 0.6) is 0 Å². The number of anilines is 1. The van der Waals surface area contributed by atoms with Crippen LogP contribution in [0.4, 0.5) is 10.1 Å². The zero-order valence-corrected chi connectivity index (χ0v) is 17.2. The molecular weight excluding hydrogens is 413 g/mol. The number of benzene rings is 2. The highest BCUT2D eigenvalue weighted by Crippen LogP contribution is 2.37. The molecule has 0 saturated carbocycles. The SMILES string of the molecule is CCN1c2cc(C(=O)NCc3cccc(F)c3)ccc2S(=O)(=O)C(C(=O)NO)C1C. The van der Waals surface area contributed by atoms with E-state index in [1.807, 2.05) is 0 Å².